The Labute approximate surface area is 126 Å². The van der Waals surface area contributed by atoms with E-state index in [1.807, 2.05) is 0 Å². The fraction of sp³-hybridized carbons (Fsp3) is 0.385. The Kier molecular flexibility index (Phi) is 4.86. The normalized spacial score (nSPS) is 15.7. The van der Waals surface area contributed by atoms with Crippen LogP contribution in [0.1, 0.15) is 12.8 Å². The molecule has 0 spiro atoms. The summed E-state index contributed by atoms with van der Waals surface area (Å²) in [6.45, 7) is -0.102. The first kappa shape index (κ1) is 15.1. The molecule has 0 radical (unpaired) electrons. The molecule has 1 amide bonds. The van der Waals surface area contributed by atoms with E-state index in [2.05, 4.69) is 10.6 Å². The van der Waals surface area contributed by atoms with Crippen LogP contribution in [0.25, 0.3) is 0 Å². The molecule has 1 atom stereocenters. The smallest absolute Gasteiger partial charge is 0.320 e. The second kappa shape index (κ2) is 6.43. The quantitative estimate of drug-likeness (QED) is 0.753. The maximum atomic E-state index is 11.8. The minimum Gasteiger partial charge on any atom is -0.480 e. The van der Waals surface area contributed by atoms with E-state index < -0.39 is 12.0 Å². The third kappa shape index (κ3) is 3.85. The largest absolute Gasteiger partial charge is 0.480 e. The van der Waals surface area contributed by atoms with Crippen LogP contribution >= 0.6 is 23.2 Å². The number of carboxylic acids is 1. The number of amides is 1. The number of para-hydroxylation sites is 1. The lowest BCUT2D eigenvalue weighted by atomic mass is 10.2. The van der Waals surface area contributed by atoms with E-state index in [1.54, 1.807) is 18.2 Å². The predicted molar refractivity (Wildman–Crippen MR) is 77.2 cm³/mol. The number of nitrogens with one attached hydrogen (secondary N) is 2. The van der Waals surface area contributed by atoms with Crippen molar-refractivity contribution in [3.05, 3.63) is 28.2 Å². The highest BCUT2D eigenvalue weighted by molar-refractivity contribution is 6.39. The van der Waals surface area contributed by atoms with Crippen molar-refractivity contribution in [1.82, 2.24) is 5.32 Å². The van der Waals surface area contributed by atoms with Gasteiger partial charge in [-0.05, 0) is 30.9 Å². The molecule has 0 bridgehead atoms. The van der Waals surface area contributed by atoms with Gasteiger partial charge < -0.3 is 10.4 Å². The maximum Gasteiger partial charge on any atom is 0.320 e. The number of halogens is 2. The number of aliphatic carboxylic acids is 1. The zero-order valence-electron chi connectivity index (χ0n) is 10.5. The molecule has 1 fully saturated rings. The van der Waals surface area contributed by atoms with Crippen molar-refractivity contribution in [2.24, 2.45) is 5.92 Å². The number of carbonyl (C=O) groups is 2. The molecule has 1 aromatic carbocycles. The first-order chi connectivity index (χ1) is 9.49. The molecule has 0 saturated heterocycles. The number of hydrogen-bond donors (Lipinski definition) is 3. The van der Waals surface area contributed by atoms with Crippen LogP contribution in [0.4, 0.5) is 5.69 Å². The Morgan fingerprint density at radius 1 is 1.30 bits per heavy atom. The van der Waals surface area contributed by atoms with E-state index in [1.165, 1.54) is 0 Å². The average molecular weight is 317 g/mol. The Balaban J connectivity index is 1.91. The molecule has 1 unspecified atom stereocenters. The van der Waals surface area contributed by atoms with Gasteiger partial charge in [0.05, 0.1) is 22.3 Å². The SMILES string of the molecule is O=C(CNC(C(=O)O)C1CC1)Nc1c(Cl)cccc1Cl. The summed E-state index contributed by atoms with van der Waals surface area (Å²) in [6, 6.07) is 4.22. The first-order valence-electron chi connectivity index (χ1n) is 6.19. The van der Waals surface area contributed by atoms with Gasteiger partial charge in [0.15, 0.2) is 0 Å². The lowest BCUT2D eigenvalue weighted by Crippen LogP contribution is -2.42. The van der Waals surface area contributed by atoms with Gasteiger partial charge in [0.2, 0.25) is 5.91 Å². The number of anilines is 1. The van der Waals surface area contributed by atoms with E-state index in [0.717, 1.165) is 12.8 Å². The van der Waals surface area contributed by atoms with Crippen molar-refractivity contribution >= 4 is 40.8 Å². The molecule has 1 aliphatic carbocycles. The Bertz CT molecular complexity index is 512. The molecule has 5 nitrogen and oxygen atoms in total. The first-order valence-corrected chi connectivity index (χ1v) is 6.94. The predicted octanol–water partition coefficient (Wildman–Crippen LogP) is 2.38. The molecule has 1 aliphatic rings. The number of benzene rings is 1. The van der Waals surface area contributed by atoms with Crippen molar-refractivity contribution in [3.8, 4) is 0 Å². The Morgan fingerprint density at radius 3 is 2.40 bits per heavy atom. The summed E-state index contributed by atoms with van der Waals surface area (Å²) >= 11 is 11.9. The fourth-order valence-electron chi connectivity index (χ4n) is 1.89. The maximum absolute atomic E-state index is 11.8. The summed E-state index contributed by atoms with van der Waals surface area (Å²) in [4.78, 5) is 22.8. The van der Waals surface area contributed by atoms with Crippen LogP contribution < -0.4 is 10.6 Å². The minimum atomic E-state index is -0.934. The molecule has 3 N–H and O–H groups in total. The molecule has 7 heteroatoms. The average Bonchev–Trinajstić information content (AvgIpc) is 3.18. The van der Waals surface area contributed by atoms with Crippen molar-refractivity contribution in [3.63, 3.8) is 0 Å². The van der Waals surface area contributed by atoms with E-state index in [4.69, 9.17) is 28.3 Å². The lowest BCUT2D eigenvalue weighted by Gasteiger charge is -2.14. The number of carboxylic acid groups (broad SMARTS) is 1. The molecular weight excluding hydrogens is 303 g/mol. The fourth-order valence-corrected chi connectivity index (χ4v) is 2.38. The summed E-state index contributed by atoms with van der Waals surface area (Å²) in [7, 11) is 0. The highest BCUT2D eigenvalue weighted by Crippen LogP contribution is 2.33. The van der Waals surface area contributed by atoms with Gasteiger partial charge in [-0.1, -0.05) is 29.3 Å². The van der Waals surface area contributed by atoms with Gasteiger partial charge in [-0.25, -0.2) is 0 Å². The van der Waals surface area contributed by atoms with E-state index in [0.29, 0.717) is 15.7 Å². The Hall–Kier alpha value is -1.30. The highest BCUT2D eigenvalue weighted by Gasteiger charge is 2.36. The zero-order chi connectivity index (χ0) is 14.7. The summed E-state index contributed by atoms with van der Waals surface area (Å²) in [5.74, 6) is -1.20. The van der Waals surface area contributed by atoms with Crippen LogP contribution in [0.5, 0.6) is 0 Å². The third-order valence-electron chi connectivity index (χ3n) is 3.07. The number of hydrogen-bond acceptors (Lipinski definition) is 3. The van der Waals surface area contributed by atoms with Crippen LogP contribution in [-0.4, -0.2) is 29.6 Å². The van der Waals surface area contributed by atoms with Gasteiger partial charge in [-0.15, -0.1) is 0 Å². The Morgan fingerprint density at radius 2 is 1.90 bits per heavy atom. The molecule has 0 aliphatic heterocycles. The number of rotatable bonds is 6. The van der Waals surface area contributed by atoms with Crippen LogP contribution in [0.3, 0.4) is 0 Å². The van der Waals surface area contributed by atoms with E-state index in [9.17, 15) is 9.59 Å². The van der Waals surface area contributed by atoms with Crippen LogP contribution in [0.2, 0.25) is 10.0 Å². The summed E-state index contributed by atoms with van der Waals surface area (Å²) in [5, 5.41) is 15.0. The van der Waals surface area contributed by atoms with Gasteiger partial charge in [-0.3, -0.25) is 14.9 Å². The monoisotopic (exact) mass is 316 g/mol. The highest BCUT2D eigenvalue weighted by atomic mass is 35.5. The molecule has 0 heterocycles. The molecular formula is C13H14Cl2N2O3. The van der Waals surface area contributed by atoms with Crippen molar-refractivity contribution in [1.29, 1.82) is 0 Å². The van der Waals surface area contributed by atoms with Gasteiger partial charge in [-0.2, -0.15) is 0 Å². The van der Waals surface area contributed by atoms with Crippen molar-refractivity contribution in [2.45, 2.75) is 18.9 Å². The van der Waals surface area contributed by atoms with E-state index >= 15 is 0 Å². The van der Waals surface area contributed by atoms with E-state index in [-0.39, 0.29) is 18.4 Å². The van der Waals surface area contributed by atoms with Crippen molar-refractivity contribution in [2.75, 3.05) is 11.9 Å². The van der Waals surface area contributed by atoms with Crippen LogP contribution in [0, 0.1) is 5.92 Å². The zero-order valence-corrected chi connectivity index (χ0v) is 12.0. The third-order valence-corrected chi connectivity index (χ3v) is 3.70. The molecule has 20 heavy (non-hydrogen) atoms. The van der Waals surface area contributed by atoms with Gasteiger partial charge in [0.25, 0.3) is 0 Å². The molecule has 1 saturated carbocycles. The second-order valence-corrected chi connectivity index (χ2v) is 5.49. The minimum absolute atomic E-state index is 0.102. The molecule has 1 aromatic rings. The van der Waals surface area contributed by atoms with Crippen LogP contribution in [-0.2, 0) is 9.59 Å². The number of carbonyl (C=O) groups excluding carboxylic acids is 1. The van der Waals surface area contributed by atoms with Gasteiger partial charge in [0, 0.05) is 0 Å². The summed E-state index contributed by atoms with van der Waals surface area (Å²) in [6.07, 6.45) is 1.75. The lowest BCUT2D eigenvalue weighted by molar-refractivity contribution is -0.140. The van der Waals surface area contributed by atoms with Gasteiger partial charge in [0.1, 0.15) is 6.04 Å². The summed E-state index contributed by atoms with van der Waals surface area (Å²) < 4.78 is 0. The van der Waals surface area contributed by atoms with Crippen molar-refractivity contribution < 1.29 is 14.7 Å². The molecule has 108 valence electrons. The summed E-state index contributed by atoms with van der Waals surface area (Å²) in [5.41, 5.74) is 0.334. The van der Waals surface area contributed by atoms with Crippen LogP contribution in [0.15, 0.2) is 18.2 Å². The molecule has 0 aromatic heterocycles. The van der Waals surface area contributed by atoms with Gasteiger partial charge >= 0.3 is 5.97 Å². The topological polar surface area (TPSA) is 78.4 Å². The second-order valence-electron chi connectivity index (χ2n) is 4.68. The molecule has 2 rings (SSSR count). The standard InChI is InChI=1S/C13H14Cl2N2O3/c14-8-2-1-3-9(15)12(8)17-10(18)6-16-11(13(19)20)7-4-5-7/h1-3,7,11,16H,4-6H2,(H,17,18)(H,19,20).